The number of nitrogens with two attached hydrogens (primary N) is 1. The summed E-state index contributed by atoms with van der Waals surface area (Å²) in [5.74, 6) is -1.46. The number of rotatable bonds is 5. The largest absolute Gasteiger partial charge is 0.480 e. The predicted octanol–water partition coefficient (Wildman–Crippen LogP) is 0.0380. The van der Waals surface area contributed by atoms with E-state index in [1.54, 1.807) is 20.8 Å². The van der Waals surface area contributed by atoms with Crippen molar-refractivity contribution < 1.29 is 24.6 Å². The molecule has 116 valence electrons. The molecule has 0 aromatic carbocycles. The fourth-order valence-electron chi connectivity index (χ4n) is 1.23. The van der Waals surface area contributed by atoms with Gasteiger partial charge in [-0.25, -0.2) is 9.59 Å². The van der Waals surface area contributed by atoms with Gasteiger partial charge in [0.1, 0.15) is 11.1 Å². The Morgan fingerprint density at radius 1 is 1.30 bits per heavy atom. The third-order valence-corrected chi connectivity index (χ3v) is 2.29. The highest BCUT2D eigenvalue weighted by molar-refractivity contribution is 5.84. The van der Waals surface area contributed by atoms with Crippen LogP contribution in [0.2, 0.25) is 0 Å². The molecule has 1 amide bonds. The molecule has 1 unspecified atom stereocenters. The second kappa shape index (κ2) is 6.83. The topological polar surface area (TPSA) is 146 Å². The summed E-state index contributed by atoms with van der Waals surface area (Å²) < 4.78 is 5.01. The first kappa shape index (κ1) is 17.8. The lowest BCUT2D eigenvalue weighted by molar-refractivity contribution is -0.144. The maximum absolute atomic E-state index is 11.6. The van der Waals surface area contributed by atoms with Gasteiger partial charge in [0.2, 0.25) is 5.96 Å². The number of carbonyl (C=O) groups excluding carboxylic acids is 1. The van der Waals surface area contributed by atoms with Crippen LogP contribution in [0.4, 0.5) is 4.79 Å². The number of hydrogen-bond acceptors (Lipinski definition) is 5. The van der Waals surface area contributed by atoms with E-state index in [-0.39, 0.29) is 18.9 Å². The molecule has 9 heteroatoms. The number of carboxylic acids is 1. The number of carboxylic acid groups (broad SMARTS) is 1. The van der Waals surface area contributed by atoms with Crippen LogP contribution in [0.3, 0.4) is 0 Å². The van der Waals surface area contributed by atoms with Crippen LogP contribution in [0.5, 0.6) is 0 Å². The summed E-state index contributed by atoms with van der Waals surface area (Å²) >= 11 is 0. The van der Waals surface area contributed by atoms with E-state index in [2.05, 4.69) is 15.8 Å². The van der Waals surface area contributed by atoms with E-state index in [0.29, 0.717) is 0 Å². The van der Waals surface area contributed by atoms with Crippen molar-refractivity contribution in [1.82, 2.24) is 10.6 Å². The molecule has 0 heterocycles. The summed E-state index contributed by atoms with van der Waals surface area (Å²) in [4.78, 5) is 22.9. The molecular weight excluding hydrogens is 268 g/mol. The van der Waals surface area contributed by atoms with E-state index in [0.717, 1.165) is 0 Å². The summed E-state index contributed by atoms with van der Waals surface area (Å²) in [7, 11) is 0. The van der Waals surface area contributed by atoms with Gasteiger partial charge < -0.3 is 31.4 Å². The Morgan fingerprint density at radius 3 is 2.25 bits per heavy atom. The molecule has 0 spiro atoms. The number of aliphatic carboxylic acids is 1. The molecule has 0 aromatic rings. The Labute approximate surface area is 117 Å². The van der Waals surface area contributed by atoms with Gasteiger partial charge in [0.15, 0.2) is 0 Å². The number of amides is 1. The Kier molecular flexibility index (Phi) is 6.08. The van der Waals surface area contributed by atoms with Crippen molar-refractivity contribution in [3.05, 3.63) is 0 Å². The molecule has 0 aliphatic heterocycles. The third kappa shape index (κ3) is 6.66. The van der Waals surface area contributed by atoms with Crippen molar-refractivity contribution in [1.29, 1.82) is 0 Å². The minimum atomic E-state index is -1.54. The van der Waals surface area contributed by atoms with Crippen molar-refractivity contribution in [3.8, 4) is 0 Å². The van der Waals surface area contributed by atoms with Crippen LogP contribution in [-0.2, 0) is 9.53 Å². The number of oxime groups is 1. The van der Waals surface area contributed by atoms with Crippen LogP contribution in [0.25, 0.3) is 0 Å². The van der Waals surface area contributed by atoms with Crippen molar-refractivity contribution >= 4 is 18.0 Å². The standard InChI is InChI=1S/C11H22N4O5/c1-10(2,3)20-9(18)14-11(4,7(16)17)5-6-13-8(12)15-19/h19H,5-6H2,1-4H3,(H,14,18)(H,16,17)(H3,12,13,15). The van der Waals surface area contributed by atoms with Gasteiger partial charge in [-0.1, -0.05) is 5.16 Å². The number of alkyl carbamates (subject to hydrolysis) is 1. The molecule has 1 atom stereocenters. The number of carbonyl (C=O) groups is 2. The Hall–Kier alpha value is -2.19. The van der Waals surface area contributed by atoms with Crippen molar-refractivity contribution in [2.45, 2.75) is 45.3 Å². The van der Waals surface area contributed by atoms with Gasteiger partial charge in [-0.3, -0.25) is 0 Å². The summed E-state index contributed by atoms with van der Waals surface area (Å²) in [6.07, 6.45) is -0.816. The lowest BCUT2D eigenvalue weighted by atomic mass is 9.98. The number of hydrogen-bond donors (Lipinski definition) is 5. The van der Waals surface area contributed by atoms with Gasteiger partial charge >= 0.3 is 12.1 Å². The van der Waals surface area contributed by atoms with E-state index in [4.69, 9.17) is 15.7 Å². The van der Waals surface area contributed by atoms with Gasteiger partial charge in [0.25, 0.3) is 0 Å². The molecule has 6 N–H and O–H groups in total. The summed E-state index contributed by atoms with van der Waals surface area (Å²) in [5.41, 5.74) is 2.93. The number of guanidine groups is 1. The molecule has 0 fully saturated rings. The quantitative estimate of drug-likeness (QED) is 0.208. The highest BCUT2D eigenvalue weighted by Crippen LogP contribution is 2.12. The van der Waals surface area contributed by atoms with E-state index in [9.17, 15) is 14.7 Å². The molecular formula is C11H22N4O5. The molecule has 0 aliphatic rings. The first-order valence-electron chi connectivity index (χ1n) is 5.96. The maximum Gasteiger partial charge on any atom is 0.408 e. The van der Waals surface area contributed by atoms with Crippen LogP contribution in [-0.4, -0.2) is 46.0 Å². The lowest BCUT2D eigenvalue weighted by Crippen LogP contribution is -2.55. The van der Waals surface area contributed by atoms with Gasteiger partial charge in [-0.2, -0.15) is 0 Å². The average Bonchev–Trinajstić information content (AvgIpc) is 2.25. The Balaban J connectivity index is 4.61. The SMILES string of the molecule is CC(C)(C)OC(=O)NC(C)(CCN/C(N)=N\O)C(=O)O. The first-order valence-corrected chi connectivity index (χ1v) is 5.96. The van der Waals surface area contributed by atoms with Gasteiger partial charge in [0.05, 0.1) is 0 Å². The molecule has 20 heavy (non-hydrogen) atoms. The predicted molar refractivity (Wildman–Crippen MR) is 71.4 cm³/mol. The third-order valence-electron chi connectivity index (χ3n) is 2.29. The van der Waals surface area contributed by atoms with Crippen LogP contribution in [0.15, 0.2) is 5.16 Å². The fraction of sp³-hybridized carbons (Fsp3) is 0.727. The van der Waals surface area contributed by atoms with Crippen LogP contribution < -0.4 is 16.4 Å². The first-order chi connectivity index (χ1) is 9.00. The zero-order valence-electron chi connectivity index (χ0n) is 12.1. The van der Waals surface area contributed by atoms with Gasteiger partial charge in [-0.05, 0) is 34.1 Å². The fourth-order valence-corrected chi connectivity index (χ4v) is 1.23. The zero-order chi connectivity index (χ0) is 16.0. The molecule has 9 nitrogen and oxygen atoms in total. The van der Waals surface area contributed by atoms with Gasteiger partial charge in [-0.15, -0.1) is 0 Å². The molecule has 0 bridgehead atoms. The van der Waals surface area contributed by atoms with Gasteiger partial charge in [0, 0.05) is 6.54 Å². The van der Waals surface area contributed by atoms with E-state index in [1.165, 1.54) is 6.92 Å². The summed E-state index contributed by atoms with van der Waals surface area (Å²) in [6, 6.07) is 0. The highest BCUT2D eigenvalue weighted by Gasteiger charge is 2.36. The Morgan fingerprint density at radius 2 is 1.85 bits per heavy atom. The smallest absolute Gasteiger partial charge is 0.408 e. The molecule has 0 radical (unpaired) electrons. The average molecular weight is 290 g/mol. The highest BCUT2D eigenvalue weighted by atomic mass is 16.6. The molecule has 0 saturated carbocycles. The molecule has 0 saturated heterocycles. The molecule has 0 aromatic heterocycles. The van der Waals surface area contributed by atoms with Crippen molar-refractivity contribution in [2.75, 3.05) is 6.54 Å². The van der Waals surface area contributed by atoms with Crippen LogP contribution in [0, 0.1) is 0 Å². The Bertz CT molecular complexity index is 391. The number of nitrogens with zero attached hydrogens (tertiary/aromatic N) is 1. The summed E-state index contributed by atoms with van der Waals surface area (Å²) in [5, 5.41) is 25.0. The minimum Gasteiger partial charge on any atom is -0.480 e. The van der Waals surface area contributed by atoms with Crippen molar-refractivity contribution in [3.63, 3.8) is 0 Å². The van der Waals surface area contributed by atoms with Crippen LogP contribution in [0.1, 0.15) is 34.1 Å². The normalized spacial score (nSPS) is 15.1. The van der Waals surface area contributed by atoms with E-state index < -0.39 is 23.2 Å². The molecule has 0 aliphatic carbocycles. The number of ether oxygens (including phenoxy) is 1. The van der Waals surface area contributed by atoms with E-state index in [1.807, 2.05) is 0 Å². The monoisotopic (exact) mass is 290 g/mol. The van der Waals surface area contributed by atoms with Crippen LogP contribution >= 0.6 is 0 Å². The second-order valence-electron chi connectivity index (χ2n) is 5.43. The second-order valence-corrected chi connectivity index (χ2v) is 5.43. The maximum atomic E-state index is 11.6. The summed E-state index contributed by atoms with van der Waals surface area (Å²) in [6.45, 7) is 6.45. The zero-order valence-corrected chi connectivity index (χ0v) is 12.1. The van der Waals surface area contributed by atoms with Crippen molar-refractivity contribution in [2.24, 2.45) is 10.9 Å². The lowest BCUT2D eigenvalue weighted by Gasteiger charge is -2.28. The molecule has 0 rings (SSSR count). The van der Waals surface area contributed by atoms with E-state index >= 15 is 0 Å². The minimum absolute atomic E-state index is 0.0117. The number of nitrogens with one attached hydrogen (secondary N) is 2.